The molecule has 1 aliphatic rings. The number of rotatable bonds is 4. The molecule has 0 N–H and O–H groups in total. The van der Waals surface area contributed by atoms with Crippen molar-refractivity contribution in [1.82, 2.24) is 4.98 Å². The summed E-state index contributed by atoms with van der Waals surface area (Å²) in [6.07, 6.45) is 4.66. The molecule has 0 radical (unpaired) electrons. The molecule has 0 spiro atoms. The van der Waals surface area contributed by atoms with Gasteiger partial charge in [-0.3, -0.25) is 9.78 Å². The first-order chi connectivity index (χ1) is 8.75. The van der Waals surface area contributed by atoms with Gasteiger partial charge in [-0.05, 0) is 30.9 Å². The molecule has 1 unspecified atom stereocenters. The van der Waals surface area contributed by atoms with Crippen molar-refractivity contribution < 1.29 is 4.79 Å². The summed E-state index contributed by atoms with van der Waals surface area (Å²) < 4.78 is 0. The Morgan fingerprint density at radius 1 is 1.33 bits per heavy atom. The quantitative estimate of drug-likeness (QED) is 0.809. The van der Waals surface area contributed by atoms with Crippen molar-refractivity contribution >= 4 is 32.6 Å². The van der Waals surface area contributed by atoms with Crippen molar-refractivity contribution in [2.75, 3.05) is 0 Å². The number of benzene rings is 1. The van der Waals surface area contributed by atoms with Gasteiger partial charge in [-0.25, -0.2) is 0 Å². The number of pyridine rings is 1. The van der Waals surface area contributed by atoms with E-state index in [0.29, 0.717) is 11.7 Å². The van der Waals surface area contributed by atoms with E-state index in [0.717, 1.165) is 35.7 Å². The molecule has 1 fully saturated rings. The second kappa shape index (κ2) is 4.81. The van der Waals surface area contributed by atoms with Crippen LogP contribution in [0.4, 0.5) is 0 Å². The molecule has 0 amide bonds. The van der Waals surface area contributed by atoms with Crippen LogP contribution in [0, 0.1) is 5.92 Å². The third-order valence-corrected chi connectivity index (χ3v) is 4.18. The number of aromatic nitrogens is 1. The van der Waals surface area contributed by atoms with Gasteiger partial charge in [-0.1, -0.05) is 40.2 Å². The maximum Gasteiger partial charge on any atom is 0.149 e. The number of alkyl halides is 1. The van der Waals surface area contributed by atoms with Crippen LogP contribution >= 0.6 is 15.9 Å². The van der Waals surface area contributed by atoms with Gasteiger partial charge in [-0.15, -0.1) is 0 Å². The van der Waals surface area contributed by atoms with E-state index in [9.17, 15) is 4.79 Å². The van der Waals surface area contributed by atoms with Gasteiger partial charge in [0.2, 0.25) is 0 Å². The molecule has 0 aliphatic heterocycles. The second-order valence-corrected chi connectivity index (χ2v) is 5.95. The predicted molar refractivity (Wildman–Crippen MR) is 75.9 cm³/mol. The van der Waals surface area contributed by atoms with E-state index >= 15 is 0 Å². The van der Waals surface area contributed by atoms with E-state index in [1.54, 1.807) is 6.20 Å². The van der Waals surface area contributed by atoms with E-state index in [2.05, 4.69) is 39.1 Å². The average Bonchev–Trinajstić information content (AvgIpc) is 3.22. The van der Waals surface area contributed by atoms with Crippen molar-refractivity contribution in [3.8, 4) is 0 Å². The van der Waals surface area contributed by atoms with Crippen LogP contribution in [-0.4, -0.2) is 15.6 Å². The Bertz CT molecular complexity index is 587. The molecule has 2 aromatic rings. The zero-order valence-corrected chi connectivity index (χ0v) is 11.6. The van der Waals surface area contributed by atoms with Gasteiger partial charge in [0.05, 0.1) is 10.3 Å². The number of ketones is 1. The number of para-hydroxylation sites is 1. The van der Waals surface area contributed by atoms with Crippen molar-refractivity contribution in [3.05, 3.63) is 42.1 Å². The molecule has 1 atom stereocenters. The number of Topliss-reactive ketones (excluding diaryl/α,β-unsaturated/α-hetero) is 1. The highest BCUT2D eigenvalue weighted by Crippen LogP contribution is 2.33. The molecule has 0 bridgehead atoms. The van der Waals surface area contributed by atoms with E-state index < -0.39 is 0 Å². The number of fused-ring (bicyclic) bond motifs is 1. The van der Waals surface area contributed by atoms with E-state index in [1.165, 1.54) is 0 Å². The number of hydrogen-bond donors (Lipinski definition) is 0. The fourth-order valence-electron chi connectivity index (χ4n) is 2.25. The number of halogens is 1. The highest BCUT2D eigenvalue weighted by molar-refractivity contribution is 9.10. The van der Waals surface area contributed by atoms with Crippen LogP contribution in [0.25, 0.3) is 10.9 Å². The molecular weight excluding hydrogens is 290 g/mol. The van der Waals surface area contributed by atoms with Crippen molar-refractivity contribution in [2.45, 2.75) is 24.1 Å². The largest absolute Gasteiger partial charge is 0.298 e. The fourth-order valence-corrected chi connectivity index (χ4v) is 2.97. The predicted octanol–water partition coefficient (Wildman–Crippen LogP) is 3.52. The Morgan fingerprint density at radius 3 is 2.89 bits per heavy atom. The smallest absolute Gasteiger partial charge is 0.149 e. The first kappa shape index (κ1) is 11.8. The first-order valence-electron chi connectivity index (χ1n) is 6.26. The molecule has 3 heteroatoms. The molecule has 18 heavy (non-hydrogen) atoms. The normalized spacial score (nSPS) is 16.7. The topological polar surface area (TPSA) is 30.0 Å². The van der Waals surface area contributed by atoms with Gasteiger partial charge in [0.1, 0.15) is 5.78 Å². The van der Waals surface area contributed by atoms with Crippen LogP contribution in [0.15, 0.2) is 36.5 Å². The molecule has 1 aromatic carbocycles. The fraction of sp³-hybridized carbons (Fsp3) is 0.333. The molecule has 2 nitrogen and oxygen atoms in total. The maximum absolute atomic E-state index is 12.0. The van der Waals surface area contributed by atoms with Gasteiger partial charge in [-0.2, -0.15) is 0 Å². The Balaban J connectivity index is 1.87. The van der Waals surface area contributed by atoms with Crippen LogP contribution in [0.2, 0.25) is 0 Å². The molecule has 3 rings (SSSR count). The molecule has 1 heterocycles. The Labute approximate surface area is 115 Å². The number of carbonyl (C=O) groups is 1. The van der Waals surface area contributed by atoms with Crippen molar-refractivity contribution in [2.24, 2.45) is 5.92 Å². The second-order valence-electron chi connectivity index (χ2n) is 4.84. The van der Waals surface area contributed by atoms with Crippen LogP contribution in [0.3, 0.4) is 0 Å². The minimum atomic E-state index is -0.0717. The van der Waals surface area contributed by atoms with Crippen LogP contribution < -0.4 is 0 Å². The summed E-state index contributed by atoms with van der Waals surface area (Å²) in [5.41, 5.74) is 2.15. The van der Waals surface area contributed by atoms with E-state index in [1.807, 2.05) is 12.1 Å². The molecule has 0 saturated heterocycles. The highest BCUT2D eigenvalue weighted by atomic mass is 79.9. The summed E-state index contributed by atoms with van der Waals surface area (Å²) in [6, 6.07) is 10.1. The van der Waals surface area contributed by atoms with Crippen LogP contribution in [-0.2, 0) is 11.2 Å². The lowest BCUT2D eigenvalue weighted by molar-refractivity contribution is -0.119. The van der Waals surface area contributed by atoms with E-state index in [4.69, 9.17) is 0 Å². The maximum atomic E-state index is 12.0. The summed E-state index contributed by atoms with van der Waals surface area (Å²) >= 11 is 3.53. The number of nitrogens with zero attached hydrogens (tertiary/aromatic N) is 1. The van der Waals surface area contributed by atoms with Crippen LogP contribution in [0.1, 0.15) is 18.4 Å². The Kier molecular flexibility index (Phi) is 3.16. The minimum absolute atomic E-state index is 0.0717. The molecule has 92 valence electrons. The van der Waals surface area contributed by atoms with E-state index in [-0.39, 0.29) is 4.83 Å². The summed E-state index contributed by atoms with van der Waals surface area (Å²) in [7, 11) is 0. The summed E-state index contributed by atoms with van der Waals surface area (Å²) in [4.78, 5) is 16.3. The number of carbonyl (C=O) groups excluding carboxylic acids is 1. The van der Waals surface area contributed by atoms with Gasteiger partial charge in [0.15, 0.2) is 0 Å². The third-order valence-electron chi connectivity index (χ3n) is 3.40. The van der Waals surface area contributed by atoms with Gasteiger partial charge in [0, 0.05) is 17.5 Å². The molecule has 1 aromatic heterocycles. The zero-order chi connectivity index (χ0) is 12.5. The Hall–Kier alpha value is -1.22. The lowest BCUT2D eigenvalue weighted by Gasteiger charge is -2.10. The summed E-state index contributed by atoms with van der Waals surface area (Å²) in [5, 5.41) is 1.13. The van der Waals surface area contributed by atoms with Crippen molar-refractivity contribution in [3.63, 3.8) is 0 Å². The molecule has 1 saturated carbocycles. The van der Waals surface area contributed by atoms with Gasteiger partial charge in [0.25, 0.3) is 0 Å². The molecular formula is C15H14BrNO. The lowest BCUT2D eigenvalue weighted by atomic mass is 10.0. The van der Waals surface area contributed by atoms with Crippen LogP contribution in [0.5, 0.6) is 0 Å². The Morgan fingerprint density at radius 2 is 2.11 bits per heavy atom. The van der Waals surface area contributed by atoms with Crippen molar-refractivity contribution in [1.29, 1.82) is 0 Å². The number of hydrogen-bond acceptors (Lipinski definition) is 2. The van der Waals surface area contributed by atoms with Gasteiger partial charge < -0.3 is 0 Å². The standard InChI is InChI=1S/C15H14BrNO/c16-13(15(18)11-6-7-11)9-12-4-1-3-10-5-2-8-17-14(10)12/h1-5,8,11,13H,6-7,9H2. The summed E-state index contributed by atoms with van der Waals surface area (Å²) in [6.45, 7) is 0. The SMILES string of the molecule is O=C(C(Br)Cc1cccc2cccnc12)C1CC1. The minimum Gasteiger partial charge on any atom is -0.298 e. The monoisotopic (exact) mass is 303 g/mol. The molecule has 1 aliphatic carbocycles. The van der Waals surface area contributed by atoms with Gasteiger partial charge >= 0.3 is 0 Å². The lowest BCUT2D eigenvalue weighted by Crippen LogP contribution is -2.18. The summed E-state index contributed by atoms with van der Waals surface area (Å²) in [5.74, 6) is 0.653. The average molecular weight is 304 g/mol. The first-order valence-corrected chi connectivity index (χ1v) is 7.17. The zero-order valence-electron chi connectivity index (χ0n) is 9.97. The highest BCUT2D eigenvalue weighted by Gasteiger charge is 2.33. The third kappa shape index (κ3) is 2.32.